The minimum absolute atomic E-state index is 0.0763. The standard InChI is InChI=1S/C8H16O3P/c1-4-5-6-11-12(10)8(3)7(2)9/h8H,4-6H2,1-3H3/q+1. The summed E-state index contributed by atoms with van der Waals surface area (Å²) >= 11 is 0. The van der Waals surface area contributed by atoms with Gasteiger partial charge in [0.15, 0.2) is 5.78 Å². The molecular formula is C8H16O3P+. The monoisotopic (exact) mass is 191 g/mol. The molecule has 0 radical (unpaired) electrons. The van der Waals surface area contributed by atoms with Gasteiger partial charge in [0, 0.05) is 0 Å². The van der Waals surface area contributed by atoms with Gasteiger partial charge in [0.05, 0.1) is 0 Å². The molecule has 0 aromatic heterocycles. The van der Waals surface area contributed by atoms with E-state index in [-0.39, 0.29) is 5.78 Å². The van der Waals surface area contributed by atoms with Gasteiger partial charge in [-0.05, 0) is 24.8 Å². The minimum Gasteiger partial charge on any atom is -0.295 e. The van der Waals surface area contributed by atoms with Gasteiger partial charge in [-0.3, -0.25) is 4.79 Å². The van der Waals surface area contributed by atoms with Crippen LogP contribution in [0.1, 0.15) is 33.6 Å². The van der Waals surface area contributed by atoms with Gasteiger partial charge < -0.3 is 0 Å². The Morgan fingerprint density at radius 2 is 2.17 bits per heavy atom. The van der Waals surface area contributed by atoms with Crippen molar-refractivity contribution < 1.29 is 13.9 Å². The van der Waals surface area contributed by atoms with E-state index in [4.69, 9.17) is 4.52 Å². The number of rotatable bonds is 6. The second-order valence-corrected chi connectivity index (χ2v) is 4.36. The summed E-state index contributed by atoms with van der Waals surface area (Å²) in [5.74, 6) is -0.0763. The van der Waals surface area contributed by atoms with Crippen molar-refractivity contribution in [3.8, 4) is 0 Å². The molecule has 4 heteroatoms. The van der Waals surface area contributed by atoms with Crippen molar-refractivity contribution in [1.29, 1.82) is 0 Å². The highest BCUT2D eigenvalue weighted by atomic mass is 31.1. The fourth-order valence-electron chi connectivity index (χ4n) is 0.559. The van der Waals surface area contributed by atoms with Gasteiger partial charge in [-0.25, -0.2) is 0 Å². The Labute approximate surface area is 74.4 Å². The lowest BCUT2D eigenvalue weighted by atomic mass is 10.3. The molecule has 0 aromatic carbocycles. The first-order valence-electron chi connectivity index (χ1n) is 4.19. The summed E-state index contributed by atoms with van der Waals surface area (Å²) < 4.78 is 16.2. The zero-order valence-electron chi connectivity index (χ0n) is 7.87. The Hall–Kier alpha value is -0.270. The molecule has 0 heterocycles. The van der Waals surface area contributed by atoms with Crippen molar-refractivity contribution >= 4 is 13.8 Å². The van der Waals surface area contributed by atoms with E-state index in [1.165, 1.54) is 6.92 Å². The number of hydrogen-bond donors (Lipinski definition) is 0. The van der Waals surface area contributed by atoms with E-state index in [9.17, 15) is 9.36 Å². The minimum atomic E-state index is -1.79. The molecule has 70 valence electrons. The lowest BCUT2D eigenvalue weighted by molar-refractivity contribution is -0.116. The van der Waals surface area contributed by atoms with Crippen LogP contribution in [0.3, 0.4) is 0 Å². The number of Topliss-reactive ketones (excluding diaryl/α,β-unsaturated/α-hetero) is 1. The van der Waals surface area contributed by atoms with Crippen molar-refractivity contribution in [3.63, 3.8) is 0 Å². The van der Waals surface area contributed by atoms with Crippen LogP contribution in [-0.2, 0) is 13.9 Å². The van der Waals surface area contributed by atoms with Crippen LogP contribution >= 0.6 is 8.03 Å². The predicted molar refractivity (Wildman–Crippen MR) is 48.6 cm³/mol. The van der Waals surface area contributed by atoms with Gasteiger partial charge >= 0.3 is 8.03 Å². The number of carbonyl (C=O) groups is 1. The van der Waals surface area contributed by atoms with Crippen LogP contribution in [0, 0.1) is 0 Å². The predicted octanol–water partition coefficient (Wildman–Crippen LogP) is 2.52. The third kappa shape index (κ3) is 4.58. The quantitative estimate of drug-likeness (QED) is 0.478. The van der Waals surface area contributed by atoms with Crippen molar-refractivity contribution in [2.75, 3.05) is 6.61 Å². The van der Waals surface area contributed by atoms with E-state index >= 15 is 0 Å². The maximum Gasteiger partial charge on any atom is 0.518 e. The van der Waals surface area contributed by atoms with Crippen molar-refractivity contribution in [3.05, 3.63) is 0 Å². The number of hydrogen-bond acceptors (Lipinski definition) is 3. The average Bonchev–Trinajstić information content (AvgIpc) is 2.03. The van der Waals surface area contributed by atoms with E-state index in [0.29, 0.717) is 6.61 Å². The van der Waals surface area contributed by atoms with E-state index in [0.717, 1.165) is 12.8 Å². The Morgan fingerprint density at radius 3 is 2.58 bits per heavy atom. The molecule has 0 bridgehead atoms. The Morgan fingerprint density at radius 1 is 1.58 bits per heavy atom. The molecule has 2 unspecified atom stereocenters. The molecule has 12 heavy (non-hydrogen) atoms. The molecule has 0 N–H and O–H groups in total. The summed E-state index contributed by atoms with van der Waals surface area (Å²) in [6.07, 6.45) is 1.91. The first kappa shape index (κ1) is 11.7. The van der Waals surface area contributed by atoms with Gasteiger partial charge in [0.1, 0.15) is 6.61 Å². The average molecular weight is 191 g/mol. The van der Waals surface area contributed by atoms with Crippen LogP contribution in [0.25, 0.3) is 0 Å². The summed E-state index contributed by atoms with van der Waals surface area (Å²) in [6, 6.07) is 0. The molecule has 0 aliphatic rings. The van der Waals surface area contributed by atoms with Gasteiger partial charge in [0.2, 0.25) is 5.66 Å². The summed E-state index contributed by atoms with van der Waals surface area (Å²) in [4.78, 5) is 10.8. The summed E-state index contributed by atoms with van der Waals surface area (Å²) in [5.41, 5.74) is -0.461. The van der Waals surface area contributed by atoms with E-state index in [1.807, 2.05) is 6.92 Å². The fraction of sp³-hybridized carbons (Fsp3) is 0.875. The van der Waals surface area contributed by atoms with E-state index in [2.05, 4.69) is 0 Å². The van der Waals surface area contributed by atoms with Crippen LogP contribution in [0.2, 0.25) is 0 Å². The topological polar surface area (TPSA) is 43.4 Å². The second-order valence-electron chi connectivity index (χ2n) is 2.76. The molecule has 0 saturated carbocycles. The molecular weight excluding hydrogens is 175 g/mol. The van der Waals surface area contributed by atoms with Gasteiger partial charge in [-0.15, -0.1) is 4.52 Å². The smallest absolute Gasteiger partial charge is 0.295 e. The van der Waals surface area contributed by atoms with Crippen molar-refractivity contribution in [1.82, 2.24) is 0 Å². The molecule has 2 atom stereocenters. The molecule has 0 aliphatic heterocycles. The molecule has 0 spiro atoms. The molecule has 0 aliphatic carbocycles. The molecule has 0 aromatic rings. The first-order valence-corrected chi connectivity index (χ1v) is 5.44. The number of unbranched alkanes of at least 4 members (excludes halogenated alkanes) is 1. The molecule has 0 saturated heterocycles. The highest BCUT2D eigenvalue weighted by molar-refractivity contribution is 7.41. The lowest BCUT2D eigenvalue weighted by Gasteiger charge is -1.93. The summed E-state index contributed by atoms with van der Waals surface area (Å²) in [6.45, 7) is 5.59. The highest BCUT2D eigenvalue weighted by Crippen LogP contribution is 2.29. The molecule has 0 fully saturated rings. The summed E-state index contributed by atoms with van der Waals surface area (Å²) in [7, 11) is -1.79. The third-order valence-electron chi connectivity index (χ3n) is 1.62. The SMILES string of the molecule is CCCCO[P+](=O)C(C)C(C)=O. The molecule has 3 nitrogen and oxygen atoms in total. The molecule has 0 amide bonds. The van der Waals surface area contributed by atoms with Crippen molar-refractivity contribution in [2.24, 2.45) is 0 Å². The Kier molecular flexibility index (Phi) is 6.13. The Bertz CT molecular complexity index is 168. The largest absolute Gasteiger partial charge is 0.518 e. The van der Waals surface area contributed by atoms with Gasteiger partial charge in [-0.1, -0.05) is 13.3 Å². The van der Waals surface area contributed by atoms with E-state index < -0.39 is 13.7 Å². The van der Waals surface area contributed by atoms with Gasteiger partial charge in [0.25, 0.3) is 0 Å². The van der Waals surface area contributed by atoms with Crippen LogP contribution < -0.4 is 0 Å². The highest BCUT2D eigenvalue weighted by Gasteiger charge is 2.31. The Balaban J connectivity index is 3.65. The number of carbonyl (C=O) groups excluding carboxylic acids is 1. The van der Waals surface area contributed by atoms with Crippen LogP contribution in [-0.4, -0.2) is 18.0 Å². The molecule has 0 rings (SSSR count). The maximum absolute atomic E-state index is 11.2. The summed E-state index contributed by atoms with van der Waals surface area (Å²) in [5, 5.41) is 0. The van der Waals surface area contributed by atoms with Gasteiger partial charge in [-0.2, -0.15) is 0 Å². The van der Waals surface area contributed by atoms with Crippen LogP contribution in [0.5, 0.6) is 0 Å². The normalized spacial score (nSPS) is 14.1. The van der Waals surface area contributed by atoms with Crippen LogP contribution in [0.15, 0.2) is 0 Å². The van der Waals surface area contributed by atoms with E-state index in [1.54, 1.807) is 6.92 Å². The zero-order chi connectivity index (χ0) is 9.56. The maximum atomic E-state index is 11.2. The number of ketones is 1. The third-order valence-corrected chi connectivity index (χ3v) is 3.05. The van der Waals surface area contributed by atoms with Crippen LogP contribution in [0.4, 0.5) is 0 Å². The first-order chi connectivity index (χ1) is 5.59. The lowest BCUT2D eigenvalue weighted by Crippen LogP contribution is -2.09. The fourth-order valence-corrected chi connectivity index (χ4v) is 1.39. The van der Waals surface area contributed by atoms with Crippen molar-refractivity contribution in [2.45, 2.75) is 39.3 Å². The zero-order valence-corrected chi connectivity index (χ0v) is 8.77. The second kappa shape index (κ2) is 6.27.